The van der Waals surface area contributed by atoms with Gasteiger partial charge in [-0.15, -0.1) is 11.3 Å². The van der Waals surface area contributed by atoms with Crippen LogP contribution in [0.25, 0.3) is 5.76 Å². The highest BCUT2D eigenvalue weighted by Crippen LogP contribution is 2.45. The van der Waals surface area contributed by atoms with Crippen LogP contribution in [0.5, 0.6) is 5.75 Å². The maximum atomic E-state index is 13.2. The second kappa shape index (κ2) is 11.0. The van der Waals surface area contributed by atoms with E-state index in [0.29, 0.717) is 28.5 Å². The van der Waals surface area contributed by atoms with E-state index in [1.807, 2.05) is 5.38 Å². The number of aromatic nitrogens is 1. The molecule has 36 heavy (non-hydrogen) atoms. The molecule has 3 aromatic rings. The third-order valence-corrected chi connectivity index (χ3v) is 7.67. The van der Waals surface area contributed by atoms with E-state index in [1.165, 1.54) is 16.2 Å². The van der Waals surface area contributed by atoms with E-state index in [9.17, 15) is 19.5 Å². The molecule has 0 spiro atoms. The number of ether oxygens (including phenoxy) is 2. The van der Waals surface area contributed by atoms with Gasteiger partial charge in [0.1, 0.15) is 22.4 Å². The Bertz CT molecular complexity index is 1290. The van der Waals surface area contributed by atoms with Gasteiger partial charge in [0.15, 0.2) is 5.13 Å². The molecular formula is C26H26N2O6S2. The maximum Gasteiger partial charge on any atom is 0.350 e. The van der Waals surface area contributed by atoms with Crippen LogP contribution in [0.1, 0.15) is 58.5 Å². The lowest BCUT2D eigenvalue weighted by atomic mass is 10.00. The van der Waals surface area contributed by atoms with Crippen molar-refractivity contribution >= 4 is 51.2 Å². The number of aryl methyl sites for hydroxylation is 1. The summed E-state index contributed by atoms with van der Waals surface area (Å²) in [4.78, 5) is 45.4. The van der Waals surface area contributed by atoms with Crippen LogP contribution < -0.4 is 9.64 Å². The number of rotatable bonds is 9. The van der Waals surface area contributed by atoms with Gasteiger partial charge in [-0.25, -0.2) is 9.78 Å². The molecule has 0 aliphatic carbocycles. The number of carbonyl (C=O) groups excluding carboxylic acids is 3. The van der Waals surface area contributed by atoms with E-state index in [2.05, 4.69) is 11.9 Å². The number of unbranched alkanes of at least 4 members (excludes halogenated alkanes) is 1. The Morgan fingerprint density at radius 2 is 1.92 bits per heavy atom. The monoisotopic (exact) mass is 526 g/mol. The number of thiazole rings is 1. The van der Waals surface area contributed by atoms with Crippen molar-refractivity contribution < 1.29 is 29.0 Å². The average molecular weight is 527 g/mol. The molecule has 1 aliphatic heterocycles. The number of hydrogen-bond donors (Lipinski definition) is 1. The Morgan fingerprint density at radius 1 is 1.17 bits per heavy atom. The lowest BCUT2D eigenvalue weighted by Gasteiger charge is -2.21. The zero-order valence-electron chi connectivity index (χ0n) is 20.1. The molecule has 1 aliphatic rings. The normalized spacial score (nSPS) is 17.0. The molecule has 0 radical (unpaired) electrons. The first-order valence-corrected chi connectivity index (χ1v) is 13.3. The Kier molecular flexibility index (Phi) is 7.85. The summed E-state index contributed by atoms with van der Waals surface area (Å²) in [5.41, 5.74) is 0.756. The van der Waals surface area contributed by atoms with Crippen molar-refractivity contribution in [3.05, 3.63) is 68.4 Å². The number of hydrogen-bond acceptors (Lipinski definition) is 9. The standard InChI is InChI=1S/C26H26N2O6S2/c1-4-6-13-34-17-11-9-16(10-12-17)21(29)19-20(18-8-7-14-35-18)28(24(31)22(19)30)26-27-15(3)23(36-26)25(32)33-5-2/h7-12,14,20,29H,4-6,13H2,1-3H3/b21-19+. The van der Waals surface area contributed by atoms with E-state index in [1.54, 1.807) is 50.2 Å². The van der Waals surface area contributed by atoms with Gasteiger partial charge in [-0.3, -0.25) is 14.5 Å². The summed E-state index contributed by atoms with van der Waals surface area (Å²) in [5.74, 6) is -1.81. The summed E-state index contributed by atoms with van der Waals surface area (Å²) in [7, 11) is 0. The second-order valence-corrected chi connectivity index (χ2v) is 10.00. The van der Waals surface area contributed by atoms with Gasteiger partial charge in [0.2, 0.25) is 0 Å². The third kappa shape index (κ3) is 4.91. The SMILES string of the molecule is CCCCOc1ccc(/C(O)=C2\C(=O)C(=O)N(c3nc(C)c(C(=O)OCC)s3)C2c2cccs2)cc1. The number of carbonyl (C=O) groups is 3. The van der Waals surface area contributed by atoms with Crippen LogP contribution in [0.3, 0.4) is 0 Å². The van der Waals surface area contributed by atoms with Gasteiger partial charge >= 0.3 is 11.9 Å². The summed E-state index contributed by atoms with van der Waals surface area (Å²) >= 11 is 2.34. The van der Waals surface area contributed by atoms with E-state index < -0.39 is 23.7 Å². The van der Waals surface area contributed by atoms with Crippen molar-refractivity contribution in [2.24, 2.45) is 0 Å². The molecule has 8 nitrogen and oxygen atoms in total. The number of ketones is 1. The Labute approximate surface area is 216 Å². The van der Waals surface area contributed by atoms with E-state index in [0.717, 1.165) is 24.2 Å². The zero-order valence-corrected chi connectivity index (χ0v) is 21.8. The fraction of sp³-hybridized carbons (Fsp3) is 0.308. The Balaban J connectivity index is 1.76. The summed E-state index contributed by atoms with van der Waals surface area (Å²) < 4.78 is 10.8. The predicted octanol–water partition coefficient (Wildman–Crippen LogP) is 5.49. The van der Waals surface area contributed by atoms with Crippen molar-refractivity contribution in [3.63, 3.8) is 0 Å². The van der Waals surface area contributed by atoms with Gasteiger partial charge in [-0.1, -0.05) is 30.7 Å². The number of amides is 1. The van der Waals surface area contributed by atoms with Crippen molar-refractivity contribution in [1.82, 2.24) is 4.98 Å². The van der Waals surface area contributed by atoms with Crippen molar-refractivity contribution in [3.8, 4) is 5.75 Å². The van der Waals surface area contributed by atoms with Gasteiger partial charge < -0.3 is 14.6 Å². The van der Waals surface area contributed by atoms with Crippen LogP contribution in [0.2, 0.25) is 0 Å². The lowest BCUT2D eigenvalue weighted by Crippen LogP contribution is -2.29. The van der Waals surface area contributed by atoms with Crippen molar-refractivity contribution in [2.75, 3.05) is 18.1 Å². The molecule has 4 rings (SSSR count). The maximum absolute atomic E-state index is 13.2. The number of anilines is 1. The predicted molar refractivity (Wildman–Crippen MR) is 139 cm³/mol. The minimum Gasteiger partial charge on any atom is -0.507 e. The Morgan fingerprint density at radius 3 is 2.56 bits per heavy atom. The number of benzene rings is 1. The number of aliphatic hydroxyl groups excluding tert-OH is 1. The summed E-state index contributed by atoms with van der Waals surface area (Å²) in [6, 6.07) is 9.46. The highest BCUT2D eigenvalue weighted by atomic mass is 32.1. The molecular weight excluding hydrogens is 500 g/mol. The molecule has 1 amide bonds. The first-order chi connectivity index (χ1) is 17.4. The highest BCUT2D eigenvalue weighted by molar-refractivity contribution is 7.18. The molecule has 1 unspecified atom stereocenters. The minimum absolute atomic E-state index is 0.0346. The molecule has 0 saturated carbocycles. The lowest BCUT2D eigenvalue weighted by molar-refractivity contribution is -0.132. The molecule has 0 bridgehead atoms. The zero-order chi connectivity index (χ0) is 25.8. The summed E-state index contributed by atoms with van der Waals surface area (Å²) in [6.45, 7) is 6.22. The molecule has 1 saturated heterocycles. The van der Waals surface area contributed by atoms with Gasteiger partial charge in [-0.05, 0) is 56.0 Å². The third-order valence-electron chi connectivity index (χ3n) is 5.60. The molecule has 2 aromatic heterocycles. The summed E-state index contributed by atoms with van der Waals surface area (Å²) in [6.07, 6.45) is 1.95. The number of nitrogens with zero attached hydrogens (tertiary/aromatic N) is 2. The van der Waals surface area contributed by atoms with Crippen LogP contribution in [-0.4, -0.2) is 41.0 Å². The minimum atomic E-state index is -0.883. The quantitative estimate of drug-likeness (QED) is 0.129. The molecule has 1 aromatic carbocycles. The smallest absolute Gasteiger partial charge is 0.350 e. The van der Waals surface area contributed by atoms with Crippen LogP contribution in [0.4, 0.5) is 5.13 Å². The molecule has 1 fully saturated rings. The number of esters is 1. The van der Waals surface area contributed by atoms with Crippen molar-refractivity contribution in [1.29, 1.82) is 0 Å². The average Bonchev–Trinajstić information content (AvgIpc) is 3.58. The number of aliphatic hydroxyl groups is 1. The van der Waals surface area contributed by atoms with E-state index in [-0.39, 0.29) is 27.9 Å². The van der Waals surface area contributed by atoms with Gasteiger partial charge in [0, 0.05) is 10.4 Å². The fourth-order valence-electron chi connectivity index (χ4n) is 3.82. The van der Waals surface area contributed by atoms with Gasteiger partial charge in [0.05, 0.1) is 24.5 Å². The van der Waals surface area contributed by atoms with Crippen LogP contribution in [0.15, 0.2) is 47.4 Å². The molecule has 1 N–H and O–H groups in total. The molecule has 1 atom stereocenters. The number of Topliss-reactive ketones (excluding diaryl/α,β-unsaturated/α-hetero) is 1. The summed E-state index contributed by atoms with van der Waals surface area (Å²) in [5, 5.41) is 13.2. The fourth-order valence-corrected chi connectivity index (χ4v) is 5.63. The van der Waals surface area contributed by atoms with Crippen LogP contribution in [0, 0.1) is 6.92 Å². The van der Waals surface area contributed by atoms with Crippen LogP contribution >= 0.6 is 22.7 Å². The number of thiophene rings is 1. The molecule has 188 valence electrons. The van der Waals surface area contributed by atoms with E-state index in [4.69, 9.17) is 9.47 Å². The van der Waals surface area contributed by atoms with Gasteiger partial charge in [0.25, 0.3) is 5.78 Å². The second-order valence-electron chi connectivity index (χ2n) is 8.04. The largest absolute Gasteiger partial charge is 0.507 e. The van der Waals surface area contributed by atoms with Gasteiger partial charge in [-0.2, -0.15) is 0 Å². The molecule has 10 heteroatoms. The first kappa shape index (κ1) is 25.6. The van der Waals surface area contributed by atoms with Crippen molar-refractivity contribution in [2.45, 2.75) is 39.7 Å². The molecule has 3 heterocycles. The highest BCUT2D eigenvalue weighted by Gasteiger charge is 2.48. The topological polar surface area (TPSA) is 106 Å². The van der Waals surface area contributed by atoms with E-state index >= 15 is 0 Å². The Hall–Kier alpha value is -3.50. The van der Waals surface area contributed by atoms with Crippen LogP contribution in [-0.2, 0) is 14.3 Å². The first-order valence-electron chi connectivity index (χ1n) is 11.6.